The zero-order chi connectivity index (χ0) is 19.2. The Labute approximate surface area is 167 Å². The lowest BCUT2D eigenvalue weighted by Crippen LogP contribution is -2.34. The third kappa shape index (κ3) is 4.70. The van der Waals surface area contributed by atoms with E-state index in [2.05, 4.69) is 15.6 Å². The van der Waals surface area contributed by atoms with Crippen LogP contribution in [0.25, 0.3) is 0 Å². The Morgan fingerprint density at radius 1 is 1.30 bits per heavy atom. The summed E-state index contributed by atoms with van der Waals surface area (Å²) in [5.74, 6) is -0.697. The van der Waals surface area contributed by atoms with E-state index in [4.69, 9.17) is 17.0 Å². The highest BCUT2D eigenvalue weighted by atomic mass is 32.1. The first-order valence-corrected chi connectivity index (χ1v) is 10.2. The van der Waals surface area contributed by atoms with E-state index in [-0.39, 0.29) is 17.0 Å². The molecule has 0 bridgehead atoms. The van der Waals surface area contributed by atoms with Crippen molar-refractivity contribution >= 4 is 45.5 Å². The topological polar surface area (TPSA) is 80.3 Å². The highest BCUT2D eigenvalue weighted by molar-refractivity contribution is 7.80. The van der Waals surface area contributed by atoms with Crippen molar-refractivity contribution in [3.63, 3.8) is 0 Å². The molecule has 8 heteroatoms. The number of pyridine rings is 1. The van der Waals surface area contributed by atoms with E-state index in [1.807, 2.05) is 0 Å². The number of aromatic nitrogens is 1. The van der Waals surface area contributed by atoms with Crippen molar-refractivity contribution in [2.45, 2.75) is 39.0 Å². The van der Waals surface area contributed by atoms with Crippen LogP contribution in [0.3, 0.4) is 0 Å². The summed E-state index contributed by atoms with van der Waals surface area (Å²) in [7, 11) is 0. The minimum Gasteiger partial charge on any atom is -0.462 e. The standard InChI is InChI=1S/C19H21N3O3S2/c1-2-25-18(24)15-13-8-4-3-5-9-14(13)27-17(15)22-19(26)21-16(23)12-7-6-10-20-11-12/h6-7,10-11H,2-5,8-9H2,1H3,(H2,21,22,23,26). The number of rotatable bonds is 4. The first-order valence-electron chi connectivity index (χ1n) is 8.94. The van der Waals surface area contributed by atoms with Gasteiger partial charge in [0.2, 0.25) is 0 Å². The minimum absolute atomic E-state index is 0.144. The van der Waals surface area contributed by atoms with Crippen molar-refractivity contribution in [3.8, 4) is 0 Å². The molecule has 2 aromatic heterocycles. The molecular weight excluding hydrogens is 382 g/mol. The maximum Gasteiger partial charge on any atom is 0.341 e. The predicted octanol–water partition coefficient (Wildman–Crippen LogP) is 3.72. The monoisotopic (exact) mass is 403 g/mol. The van der Waals surface area contributed by atoms with Crippen LogP contribution in [0.2, 0.25) is 0 Å². The van der Waals surface area contributed by atoms with Crippen LogP contribution in [-0.4, -0.2) is 28.6 Å². The lowest BCUT2D eigenvalue weighted by molar-refractivity contribution is 0.0526. The lowest BCUT2D eigenvalue weighted by atomic mass is 10.1. The maximum atomic E-state index is 12.5. The molecule has 0 aromatic carbocycles. The van der Waals surface area contributed by atoms with Gasteiger partial charge in [0.15, 0.2) is 5.11 Å². The number of esters is 1. The highest BCUT2D eigenvalue weighted by Gasteiger charge is 2.26. The molecule has 0 saturated heterocycles. The number of amides is 1. The molecule has 2 N–H and O–H groups in total. The largest absolute Gasteiger partial charge is 0.462 e. The molecule has 2 aromatic rings. The van der Waals surface area contributed by atoms with Crippen LogP contribution >= 0.6 is 23.6 Å². The molecule has 1 aliphatic rings. The van der Waals surface area contributed by atoms with Crippen molar-refractivity contribution in [2.75, 3.05) is 11.9 Å². The SMILES string of the molecule is CCOC(=O)c1c(NC(=S)NC(=O)c2cccnc2)sc2c1CCCCC2. The van der Waals surface area contributed by atoms with E-state index >= 15 is 0 Å². The van der Waals surface area contributed by atoms with Gasteiger partial charge in [-0.2, -0.15) is 0 Å². The van der Waals surface area contributed by atoms with Gasteiger partial charge >= 0.3 is 5.97 Å². The average Bonchev–Trinajstić information content (AvgIpc) is 2.83. The number of ether oxygens (including phenoxy) is 1. The van der Waals surface area contributed by atoms with Crippen molar-refractivity contribution in [2.24, 2.45) is 0 Å². The number of hydrogen-bond donors (Lipinski definition) is 2. The first kappa shape index (κ1) is 19.4. The quantitative estimate of drug-likeness (QED) is 0.460. The van der Waals surface area contributed by atoms with Crippen molar-refractivity contribution in [1.29, 1.82) is 0 Å². The molecule has 0 atom stereocenters. The second-order valence-corrected chi connectivity index (χ2v) is 7.65. The van der Waals surface area contributed by atoms with Crippen LogP contribution in [-0.2, 0) is 17.6 Å². The Bertz CT molecular complexity index is 849. The summed E-state index contributed by atoms with van der Waals surface area (Å²) in [6.07, 6.45) is 8.19. The smallest absolute Gasteiger partial charge is 0.341 e. The number of hydrogen-bond acceptors (Lipinski definition) is 6. The van der Waals surface area contributed by atoms with Gasteiger partial charge in [-0.05, 0) is 62.5 Å². The molecule has 1 amide bonds. The van der Waals surface area contributed by atoms with Crippen LogP contribution in [0.15, 0.2) is 24.5 Å². The molecule has 0 unspecified atom stereocenters. The normalized spacial score (nSPS) is 13.2. The fourth-order valence-corrected chi connectivity index (χ4v) is 4.60. The number of carbonyl (C=O) groups excluding carboxylic acids is 2. The van der Waals surface area contributed by atoms with Crippen LogP contribution in [0.5, 0.6) is 0 Å². The highest BCUT2D eigenvalue weighted by Crippen LogP contribution is 2.38. The van der Waals surface area contributed by atoms with Gasteiger partial charge in [-0.25, -0.2) is 4.79 Å². The number of thiophene rings is 1. The molecule has 2 heterocycles. The molecule has 1 aliphatic carbocycles. The maximum absolute atomic E-state index is 12.5. The Balaban J connectivity index is 1.80. The average molecular weight is 404 g/mol. The van der Waals surface area contributed by atoms with Crippen molar-refractivity contribution in [3.05, 3.63) is 46.1 Å². The van der Waals surface area contributed by atoms with E-state index in [0.717, 1.165) is 37.7 Å². The summed E-state index contributed by atoms with van der Waals surface area (Å²) in [6.45, 7) is 2.10. The van der Waals surface area contributed by atoms with Gasteiger partial charge in [0.25, 0.3) is 5.91 Å². The third-order valence-corrected chi connectivity index (χ3v) is 5.69. The second kappa shape index (κ2) is 9.05. The molecular formula is C19H21N3O3S2. The number of anilines is 1. The predicted molar refractivity (Wildman–Crippen MR) is 109 cm³/mol. The van der Waals surface area contributed by atoms with Gasteiger partial charge < -0.3 is 10.1 Å². The Morgan fingerprint density at radius 3 is 2.85 bits per heavy atom. The fraction of sp³-hybridized carbons (Fsp3) is 0.368. The first-order chi connectivity index (χ1) is 13.1. The van der Waals surface area contributed by atoms with Crippen LogP contribution < -0.4 is 10.6 Å². The zero-order valence-electron chi connectivity index (χ0n) is 15.0. The molecule has 142 valence electrons. The third-order valence-electron chi connectivity index (χ3n) is 4.28. The number of aryl methyl sites for hydroxylation is 1. The molecule has 0 saturated carbocycles. The van der Waals surface area contributed by atoms with Crippen LogP contribution in [0.1, 0.15) is 57.3 Å². The van der Waals surface area contributed by atoms with E-state index in [1.165, 1.54) is 22.4 Å². The van der Waals surface area contributed by atoms with Crippen molar-refractivity contribution < 1.29 is 14.3 Å². The molecule has 27 heavy (non-hydrogen) atoms. The van der Waals surface area contributed by atoms with Gasteiger partial charge in [0.05, 0.1) is 17.7 Å². The lowest BCUT2D eigenvalue weighted by Gasteiger charge is -2.11. The summed E-state index contributed by atoms with van der Waals surface area (Å²) in [5.41, 5.74) is 2.02. The Morgan fingerprint density at radius 2 is 2.11 bits per heavy atom. The molecule has 0 fully saturated rings. The number of thiocarbonyl (C=S) groups is 1. The fourth-order valence-electron chi connectivity index (χ4n) is 3.06. The molecule has 3 rings (SSSR count). The zero-order valence-corrected chi connectivity index (χ0v) is 16.7. The Hall–Kier alpha value is -2.32. The Kier molecular flexibility index (Phi) is 6.52. The van der Waals surface area contributed by atoms with Gasteiger partial charge in [-0.15, -0.1) is 11.3 Å². The summed E-state index contributed by atoms with van der Waals surface area (Å²) in [5, 5.41) is 6.44. The molecule has 0 radical (unpaired) electrons. The summed E-state index contributed by atoms with van der Waals surface area (Å²) in [6, 6.07) is 3.34. The molecule has 0 spiro atoms. The molecule has 6 nitrogen and oxygen atoms in total. The number of nitrogens with one attached hydrogen (secondary N) is 2. The summed E-state index contributed by atoms with van der Waals surface area (Å²) in [4.78, 5) is 29.9. The van der Waals surface area contributed by atoms with E-state index < -0.39 is 0 Å². The van der Waals surface area contributed by atoms with E-state index in [0.29, 0.717) is 22.7 Å². The van der Waals surface area contributed by atoms with Crippen LogP contribution in [0.4, 0.5) is 5.00 Å². The van der Waals surface area contributed by atoms with E-state index in [1.54, 1.807) is 25.3 Å². The number of carbonyl (C=O) groups is 2. The minimum atomic E-state index is -0.351. The number of fused-ring (bicyclic) bond motifs is 1. The number of nitrogens with zero attached hydrogens (tertiary/aromatic N) is 1. The van der Waals surface area contributed by atoms with Gasteiger partial charge in [0, 0.05) is 17.3 Å². The summed E-state index contributed by atoms with van der Waals surface area (Å²) >= 11 is 6.80. The summed E-state index contributed by atoms with van der Waals surface area (Å²) < 4.78 is 5.25. The molecule has 0 aliphatic heterocycles. The van der Waals surface area contributed by atoms with Crippen molar-refractivity contribution in [1.82, 2.24) is 10.3 Å². The van der Waals surface area contributed by atoms with Gasteiger partial charge in [-0.1, -0.05) is 6.42 Å². The second-order valence-electron chi connectivity index (χ2n) is 6.14. The van der Waals surface area contributed by atoms with Crippen LogP contribution in [0, 0.1) is 0 Å². The van der Waals surface area contributed by atoms with Gasteiger partial charge in [-0.3, -0.25) is 15.1 Å². The van der Waals surface area contributed by atoms with E-state index in [9.17, 15) is 9.59 Å². The van der Waals surface area contributed by atoms with Gasteiger partial charge in [0.1, 0.15) is 5.00 Å².